The van der Waals surface area contributed by atoms with Crippen molar-refractivity contribution in [2.45, 2.75) is 12.3 Å². The average Bonchev–Trinajstić information content (AvgIpc) is 2.88. The van der Waals surface area contributed by atoms with Crippen molar-refractivity contribution >= 4 is 5.65 Å². The van der Waals surface area contributed by atoms with Crippen molar-refractivity contribution in [1.29, 1.82) is 0 Å². The summed E-state index contributed by atoms with van der Waals surface area (Å²) in [6.07, 6.45) is 2.66. The van der Waals surface area contributed by atoms with E-state index in [4.69, 9.17) is 4.74 Å². The first kappa shape index (κ1) is 8.67. The Morgan fingerprint density at radius 1 is 1.60 bits per heavy atom. The molecule has 5 heteroatoms. The third-order valence-electron chi connectivity index (χ3n) is 2.75. The number of H-pyrrole nitrogens is 1. The van der Waals surface area contributed by atoms with Crippen molar-refractivity contribution in [3.8, 4) is 0 Å². The monoisotopic (exact) mass is 205 g/mol. The summed E-state index contributed by atoms with van der Waals surface area (Å²) in [6, 6.07) is 3.38. The Morgan fingerprint density at radius 3 is 3.33 bits per heavy atom. The predicted octanol–water partition coefficient (Wildman–Crippen LogP) is 0.526. The molecule has 0 radical (unpaired) electrons. The molecule has 0 bridgehead atoms. The number of nitrogens with zero attached hydrogens (tertiary/aromatic N) is 2. The van der Waals surface area contributed by atoms with E-state index >= 15 is 0 Å². The first-order valence-electron chi connectivity index (χ1n) is 4.99. The van der Waals surface area contributed by atoms with E-state index in [1.54, 1.807) is 18.3 Å². The second-order valence-corrected chi connectivity index (χ2v) is 3.74. The maximum absolute atomic E-state index is 11.7. The van der Waals surface area contributed by atoms with Gasteiger partial charge in [-0.25, -0.2) is 9.50 Å². The summed E-state index contributed by atoms with van der Waals surface area (Å²) in [5.74, 6) is 0.276. The number of rotatable bonds is 1. The Hall–Kier alpha value is -1.62. The molecule has 0 spiro atoms. The van der Waals surface area contributed by atoms with Crippen LogP contribution in [0.3, 0.4) is 0 Å². The zero-order chi connectivity index (χ0) is 10.3. The van der Waals surface area contributed by atoms with Gasteiger partial charge in [0.05, 0.1) is 12.3 Å². The summed E-state index contributed by atoms with van der Waals surface area (Å²) in [5, 5.41) is 2.82. The van der Waals surface area contributed by atoms with Crippen LogP contribution in [0.4, 0.5) is 0 Å². The standard InChI is InChI=1S/C10H11N3O2/c14-10-5-8(7-2-4-15-6-7)12-9-1-3-11-13(9)10/h1,3,5,7,11H,2,4,6H2. The lowest BCUT2D eigenvalue weighted by Crippen LogP contribution is -2.17. The van der Waals surface area contributed by atoms with Crippen molar-refractivity contribution in [2.24, 2.45) is 0 Å². The first-order valence-corrected chi connectivity index (χ1v) is 4.99. The molecule has 3 heterocycles. The highest BCUT2D eigenvalue weighted by Crippen LogP contribution is 2.22. The molecular formula is C10H11N3O2. The molecule has 1 saturated heterocycles. The van der Waals surface area contributed by atoms with E-state index in [1.165, 1.54) is 4.52 Å². The van der Waals surface area contributed by atoms with Crippen LogP contribution in [0.25, 0.3) is 5.65 Å². The minimum absolute atomic E-state index is 0.0631. The summed E-state index contributed by atoms with van der Waals surface area (Å²) in [6.45, 7) is 1.44. The highest BCUT2D eigenvalue weighted by atomic mass is 16.5. The molecule has 1 N–H and O–H groups in total. The zero-order valence-electron chi connectivity index (χ0n) is 8.14. The van der Waals surface area contributed by atoms with Crippen molar-refractivity contribution in [2.75, 3.05) is 13.2 Å². The van der Waals surface area contributed by atoms with Crippen LogP contribution in [0.2, 0.25) is 0 Å². The van der Waals surface area contributed by atoms with Crippen LogP contribution in [-0.4, -0.2) is 27.8 Å². The first-order chi connectivity index (χ1) is 7.34. The van der Waals surface area contributed by atoms with Crippen LogP contribution in [0.15, 0.2) is 23.1 Å². The molecule has 0 amide bonds. The largest absolute Gasteiger partial charge is 0.381 e. The molecule has 0 aromatic carbocycles. The van der Waals surface area contributed by atoms with Gasteiger partial charge in [0.25, 0.3) is 5.56 Å². The fourth-order valence-electron chi connectivity index (χ4n) is 1.92. The average molecular weight is 205 g/mol. The number of aromatic amines is 1. The molecule has 78 valence electrons. The molecule has 0 aliphatic carbocycles. The van der Waals surface area contributed by atoms with E-state index in [2.05, 4.69) is 10.1 Å². The molecule has 1 unspecified atom stereocenters. The molecule has 2 aromatic heterocycles. The second-order valence-electron chi connectivity index (χ2n) is 3.74. The van der Waals surface area contributed by atoms with Gasteiger partial charge in [-0.2, -0.15) is 0 Å². The summed E-state index contributed by atoms with van der Waals surface area (Å²) < 4.78 is 6.72. The Morgan fingerprint density at radius 2 is 2.53 bits per heavy atom. The third kappa shape index (κ3) is 1.35. The molecule has 0 saturated carbocycles. The van der Waals surface area contributed by atoms with Crippen LogP contribution in [0, 0.1) is 0 Å². The predicted molar refractivity (Wildman–Crippen MR) is 54.0 cm³/mol. The van der Waals surface area contributed by atoms with Gasteiger partial charge in [-0.05, 0) is 6.42 Å². The Balaban J connectivity index is 2.15. The van der Waals surface area contributed by atoms with Gasteiger partial charge in [0.1, 0.15) is 0 Å². The topological polar surface area (TPSA) is 59.4 Å². The lowest BCUT2D eigenvalue weighted by molar-refractivity contribution is 0.193. The number of fused-ring (bicyclic) bond motifs is 1. The lowest BCUT2D eigenvalue weighted by Gasteiger charge is -2.05. The second kappa shape index (κ2) is 3.20. The van der Waals surface area contributed by atoms with Crippen molar-refractivity contribution in [3.63, 3.8) is 0 Å². The van der Waals surface area contributed by atoms with Crippen LogP contribution < -0.4 is 5.56 Å². The maximum Gasteiger partial charge on any atom is 0.272 e. The molecule has 1 aliphatic rings. The highest BCUT2D eigenvalue weighted by molar-refractivity contribution is 5.37. The number of hydrogen-bond acceptors (Lipinski definition) is 3. The maximum atomic E-state index is 11.7. The highest BCUT2D eigenvalue weighted by Gasteiger charge is 2.20. The van der Waals surface area contributed by atoms with Crippen molar-refractivity contribution in [3.05, 3.63) is 34.4 Å². The van der Waals surface area contributed by atoms with E-state index in [0.29, 0.717) is 12.3 Å². The smallest absolute Gasteiger partial charge is 0.272 e. The molecule has 15 heavy (non-hydrogen) atoms. The van der Waals surface area contributed by atoms with E-state index in [-0.39, 0.29) is 11.5 Å². The van der Waals surface area contributed by atoms with E-state index in [0.717, 1.165) is 18.7 Å². The van der Waals surface area contributed by atoms with Gasteiger partial charge in [-0.15, -0.1) is 0 Å². The summed E-state index contributed by atoms with van der Waals surface area (Å²) in [5.41, 5.74) is 1.45. The number of nitrogens with one attached hydrogen (secondary N) is 1. The number of aromatic nitrogens is 3. The third-order valence-corrected chi connectivity index (χ3v) is 2.75. The Kier molecular flexibility index (Phi) is 1.85. The minimum atomic E-state index is -0.0631. The Bertz CT molecular complexity index is 537. The van der Waals surface area contributed by atoms with Crippen LogP contribution >= 0.6 is 0 Å². The normalized spacial score (nSPS) is 21.2. The molecule has 3 rings (SSSR count). The van der Waals surface area contributed by atoms with E-state index < -0.39 is 0 Å². The van der Waals surface area contributed by atoms with Crippen molar-refractivity contribution < 1.29 is 4.74 Å². The van der Waals surface area contributed by atoms with E-state index in [1.807, 2.05) is 0 Å². The fraction of sp³-hybridized carbons (Fsp3) is 0.400. The number of hydrogen-bond donors (Lipinski definition) is 1. The molecule has 1 atom stereocenters. The molecule has 1 fully saturated rings. The molecule has 1 aliphatic heterocycles. The fourth-order valence-corrected chi connectivity index (χ4v) is 1.92. The zero-order valence-corrected chi connectivity index (χ0v) is 8.14. The summed E-state index contributed by atoms with van der Waals surface area (Å²) in [4.78, 5) is 16.1. The van der Waals surface area contributed by atoms with Gasteiger partial charge in [-0.3, -0.25) is 9.89 Å². The van der Waals surface area contributed by atoms with E-state index in [9.17, 15) is 4.79 Å². The van der Waals surface area contributed by atoms with Gasteiger partial charge in [0, 0.05) is 30.9 Å². The quantitative estimate of drug-likeness (QED) is 0.738. The van der Waals surface area contributed by atoms with Crippen LogP contribution in [0.1, 0.15) is 18.0 Å². The molecular weight excluding hydrogens is 194 g/mol. The summed E-state index contributed by atoms with van der Waals surface area (Å²) >= 11 is 0. The Labute approximate surface area is 85.7 Å². The summed E-state index contributed by atoms with van der Waals surface area (Å²) in [7, 11) is 0. The van der Waals surface area contributed by atoms with Crippen molar-refractivity contribution in [1.82, 2.24) is 14.6 Å². The molecule has 2 aromatic rings. The van der Waals surface area contributed by atoms with Gasteiger partial charge < -0.3 is 4.74 Å². The van der Waals surface area contributed by atoms with Gasteiger partial charge in [0.15, 0.2) is 5.65 Å². The van der Waals surface area contributed by atoms with Crippen LogP contribution in [-0.2, 0) is 4.74 Å². The van der Waals surface area contributed by atoms with Gasteiger partial charge in [-0.1, -0.05) is 0 Å². The SMILES string of the molecule is O=c1cc(C2CCOC2)nc2cc[nH]n12. The lowest BCUT2D eigenvalue weighted by atomic mass is 10.1. The minimum Gasteiger partial charge on any atom is -0.381 e. The van der Waals surface area contributed by atoms with Crippen LogP contribution in [0.5, 0.6) is 0 Å². The van der Waals surface area contributed by atoms with Gasteiger partial charge >= 0.3 is 0 Å². The number of ether oxygens (including phenoxy) is 1. The van der Waals surface area contributed by atoms with Gasteiger partial charge in [0.2, 0.25) is 0 Å². The molecule has 5 nitrogen and oxygen atoms in total.